The van der Waals surface area contributed by atoms with Gasteiger partial charge in [0.05, 0.1) is 13.2 Å². The fourth-order valence-corrected chi connectivity index (χ4v) is 4.97. The molecule has 1 aliphatic carbocycles. The molecule has 2 aliphatic rings. The van der Waals surface area contributed by atoms with E-state index >= 15 is 0 Å². The lowest BCUT2D eigenvalue weighted by Crippen LogP contribution is -2.38. The molecule has 2 aromatic carbocycles. The Morgan fingerprint density at radius 3 is 2.12 bits per heavy atom. The molecular formula is C26H30F4O3. The Hall–Kier alpha value is -2.12. The van der Waals surface area contributed by atoms with Gasteiger partial charge >= 0.3 is 6.36 Å². The van der Waals surface area contributed by atoms with Crippen LogP contribution in [0.5, 0.6) is 5.75 Å². The van der Waals surface area contributed by atoms with E-state index in [0.717, 1.165) is 69.4 Å². The van der Waals surface area contributed by atoms with Crippen molar-refractivity contribution in [2.75, 3.05) is 13.2 Å². The van der Waals surface area contributed by atoms with Crippen LogP contribution in [-0.4, -0.2) is 25.9 Å². The van der Waals surface area contributed by atoms with Crippen LogP contribution in [0, 0.1) is 17.7 Å². The molecule has 0 aromatic heterocycles. The van der Waals surface area contributed by atoms with Crippen molar-refractivity contribution in [1.82, 2.24) is 0 Å². The van der Waals surface area contributed by atoms with E-state index in [1.807, 2.05) is 24.3 Å². The number of alkyl halides is 3. The zero-order valence-corrected chi connectivity index (χ0v) is 18.7. The third-order valence-corrected chi connectivity index (χ3v) is 6.72. The first-order valence-electron chi connectivity index (χ1n) is 11.7. The first-order chi connectivity index (χ1) is 15.8. The van der Waals surface area contributed by atoms with Crippen LogP contribution in [0.4, 0.5) is 17.6 Å². The van der Waals surface area contributed by atoms with E-state index in [4.69, 9.17) is 9.47 Å². The maximum absolute atomic E-state index is 14.0. The number of hydrogen-bond donors (Lipinski definition) is 0. The predicted molar refractivity (Wildman–Crippen MR) is 117 cm³/mol. The van der Waals surface area contributed by atoms with Crippen LogP contribution in [0.3, 0.4) is 0 Å². The van der Waals surface area contributed by atoms with Crippen LogP contribution in [0.2, 0.25) is 0 Å². The zero-order chi connectivity index (χ0) is 23.4. The van der Waals surface area contributed by atoms with Gasteiger partial charge in [0.2, 0.25) is 0 Å². The minimum atomic E-state index is -4.92. The summed E-state index contributed by atoms with van der Waals surface area (Å²) in [5.74, 6) is -0.468. The molecule has 1 aliphatic heterocycles. The van der Waals surface area contributed by atoms with E-state index < -0.39 is 17.9 Å². The summed E-state index contributed by atoms with van der Waals surface area (Å²) in [7, 11) is 0. The van der Waals surface area contributed by atoms with Crippen molar-refractivity contribution in [2.45, 2.75) is 64.0 Å². The predicted octanol–water partition coefficient (Wildman–Crippen LogP) is 7.45. The molecule has 0 radical (unpaired) electrons. The summed E-state index contributed by atoms with van der Waals surface area (Å²) in [6.07, 6.45) is 1.53. The largest absolute Gasteiger partial charge is 0.573 e. The second-order valence-corrected chi connectivity index (χ2v) is 9.12. The lowest BCUT2D eigenvalue weighted by Gasteiger charge is -2.37. The first kappa shape index (κ1) is 24.0. The molecule has 2 aromatic rings. The lowest BCUT2D eigenvalue weighted by atomic mass is 9.78. The van der Waals surface area contributed by atoms with Crippen molar-refractivity contribution >= 4 is 0 Å². The van der Waals surface area contributed by atoms with E-state index in [2.05, 4.69) is 11.7 Å². The normalized spacial score (nSPS) is 26.2. The smallest absolute Gasteiger partial charge is 0.403 e. The van der Waals surface area contributed by atoms with Gasteiger partial charge in [-0.3, -0.25) is 0 Å². The summed E-state index contributed by atoms with van der Waals surface area (Å²) in [6.45, 7) is 3.77. The first-order valence-corrected chi connectivity index (χ1v) is 11.7. The summed E-state index contributed by atoms with van der Waals surface area (Å²) in [6, 6.07) is 11.3. The molecule has 0 N–H and O–H groups in total. The van der Waals surface area contributed by atoms with Crippen molar-refractivity contribution in [2.24, 2.45) is 11.8 Å². The molecule has 0 spiro atoms. The highest BCUT2D eigenvalue weighted by Gasteiger charge is 2.33. The summed E-state index contributed by atoms with van der Waals surface area (Å²) in [5, 5.41) is 0. The molecule has 33 heavy (non-hydrogen) atoms. The molecule has 0 unspecified atom stereocenters. The fourth-order valence-electron chi connectivity index (χ4n) is 4.97. The molecule has 1 saturated heterocycles. The molecule has 0 amide bonds. The van der Waals surface area contributed by atoms with Gasteiger partial charge < -0.3 is 14.2 Å². The van der Waals surface area contributed by atoms with Crippen LogP contribution in [-0.2, 0) is 9.47 Å². The highest BCUT2D eigenvalue weighted by atomic mass is 19.4. The van der Waals surface area contributed by atoms with Crippen LogP contribution < -0.4 is 4.74 Å². The monoisotopic (exact) mass is 466 g/mol. The number of halogens is 4. The minimum Gasteiger partial charge on any atom is -0.403 e. The van der Waals surface area contributed by atoms with Gasteiger partial charge in [0, 0.05) is 11.8 Å². The van der Waals surface area contributed by atoms with Crippen LogP contribution in [0.15, 0.2) is 42.5 Å². The van der Waals surface area contributed by atoms with Crippen molar-refractivity contribution in [1.29, 1.82) is 0 Å². The van der Waals surface area contributed by atoms with Crippen molar-refractivity contribution in [3.8, 4) is 16.9 Å². The summed E-state index contributed by atoms with van der Waals surface area (Å²) in [5.41, 5.74) is 2.48. The van der Waals surface area contributed by atoms with Gasteiger partial charge in [-0.05, 0) is 66.8 Å². The van der Waals surface area contributed by atoms with Gasteiger partial charge in [-0.25, -0.2) is 4.39 Å². The van der Waals surface area contributed by atoms with E-state index in [1.165, 1.54) is 11.6 Å². The molecule has 2 fully saturated rings. The molecule has 1 saturated carbocycles. The van der Waals surface area contributed by atoms with Gasteiger partial charge in [-0.1, -0.05) is 43.7 Å². The third kappa shape index (κ3) is 6.27. The number of rotatable bonds is 6. The summed E-state index contributed by atoms with van der Waals surface area (Å²) >= 11 is 0. The van der Waals surface area contributed by atoms with Gasteiger partial charge in [0.15, 0.2) is 17.9 Å². The van der Waals surface area contributed by atoms with E-state index in [9.17, 15) is 17.6 Å². The van der Waals surface area contributed by atoms with E-state index in [1.54, 1.807) is 0 Å². The van der Waals surface area contributed by atoms with E-state index in [-0.39, 0.29) is 6.29 Å². The zero-order valence-electron chi connectivity index (χ0n) is 18.7. The van der Waals surface area contributed by atoms with Crippen molar-refractivity contribution < 1.29 is 31.8 Å². The molecule has 0 bridgehead atoms. The minimum absolute atomic E-state index is 0.0828. The average Bonchev–Trinajstić information content (AvgIpc) is 2.81. The number of benzene rings is 2. The Kier molecular flexibility index (Phi) is 7.59. The molecule has 4 rings (SSSR count). The molecule has 0 atom stereocenters. The van der Waals surface area contributed by atoms with E-state index in [0.29, 0.717) is 23.3 Å². The average molecular weight is 467 g/mol. The molecule has 180 valence electrons. The summed E-state index contributed by atoms with van der Waals surface area (Å²) < 4.78 is 66.8. The maximum Gasteiger partial charge on any atom is 0.573 e. The standard InChI is InChI=1S/C26H30F4O3/c1-2-3-17-15-31-25(32-16-17)21-10-8-19(9-11-21)18-4-6-20(7-5-18)22-12-13-24(23(27)14-22)33-26(28,29)30/h4-7,12-14,17,19,21,25H,2-3,8-11,15-16H2,1H3. The Bertz CT molecular complexity index is 897. The Morgan fingerprint density at radius 2 is 1.55 bits per heavy atom. The SMILES string of the molecule is CCCC1COC(C2CCC(c3ccc(-c4ccc(OC(F)(F)F)c(F)c4)cc3)CC2)OC1. The second kappa shape index (κ2) is 10.4. The van der Waals surface area contributed by atoms with Crippen LogP contribution >= 0.6 is 0 Å². The highest BCUT2D eigenvalue weighted by molar-refractivity contribution is 5.64. The van der Waals surface area contributed by atoms with Gasteiger partial charge in [-0.2, -0.15) is 0 Å². The van der Waals surface area contributed by atoms with Gasteiger partial charge in [0.1, 0.15) is 0 Å². The number of ether oxygens (including phenoxy) is 3. The topological polar surface area (TPSA) is 27.7 Å². The van der Waals surface area contributed by atoms with Crippen molar-refractivity contribution in [3.63, 3.8) is 0 Å². The lowest BCUT2D eigenvalue weighted by molar-refractivity contribution is -0.275. The van der Waals surface area contributed by atoms with Gasteiger partial charge in [-0.15, -0.1) is 13.2 Å². The Labute approximate surface area is 192 Å². The van der Waals surface area contributed by atoms with Crippen LogP contribution in [0.1, 0.15) is 56.9 Å². The van der Waals surface area contributed by atoms with Crippen molar-refractivity contribution in [3.05, 3.63) is 53.8 Å². The molecule has 3 nitrogen and oxygen atoms in total. The number of hydrogen-bond acceptors (Lipinski definition) is 3. The molecular weight excluding hydrogens is 436 g/mol. The van der Waals surface area contributed by atoms with Crippen LogP contribution in [0.25, 0.3) is 11.1 Å². The summed E-state index contributed by atoms with van der Waals surface area (Å²) in [4.78, 5) is 0. The van der Waals surface area contributed by atoms with Gasteiger partial charge in [0.25, 0.3) is 0 Å². The highest BCUT2D eigenvalue weighted by Crippen LogP contribution is 2.39. The maximum atomic E-state index is 14.0. The Balaban J connectivity index is 1.32. The fraction of sp³-hybridized carbons (Fsp3) is 0.538. The molecule has 7 heteroatoms. The third-order valence-electron chi connectivity index (χ3n) is 6.72. The Morgan fingerprint density at radius 1 is 0.909 bits per heavy atom. The quantitative estimate of drug-likeness (QED) is 0.414. The molecule has 1 heterocycles. The second-order valence-electron chi connectivity index (χ2n) is 9.12.